The molecule has 0 aliphatic heterocycles. The second kappa shape index (κ2) is 6.45. The summed E-state index contributed by atoms with van der Waals surface area (Å²) in [4.78, 5) is 12.2. The van der Waals surface area contributed by atoms with Gasteiger partial charge < -0.3 is 0 Å². The van der Waals surface area contributed by atoms with E-state index in [2.05, 4.69) is 5.10 Å². The van der Waals surface area contributed by atoms with Gasteiger partial charge in [0.25, 0.3) is 5.56 Å². The van der Waals surface area contributed by atoms with Crippen LogP contribution in [0.1, 0.15) is 18.1 Å². The lowest BCUT2D eigenvalue weighted by atomic mass is 10.1. The monoisotopic (exact) mass is 363 g/mol. The molecule has 0 spiro atoms. The molecule has 0 saturated carbocycles. The van der Waals surface area contributed by atoms with Crippen molar-refractivity contribution >= 4 is 20.9 Å². The molecule has 1 atom stereocenters. The number of nitrogens with zero attached hydrogens (tertiary/aromatic N) is 1. The molecule has 0 aliphatic rings. The highest BCUT2D eigenvalue weighted by Crippen LogP contribution is 2.20. The van der Waals surface area contributed by atoms with E-state index in [1.165, 1.54) is 19.1 Å². The standard InChI is InChI=1S/C17H18FN3O3S/c1-11(25(19,23)24)7-13-8-14-16(9-15(13)18)21(20-17(14)22)10-12-5-3-2-4-6-12/h2-6,8-9,11H,7,10H2,1H3,(H,20,22)(H2,19,23,24). The summed E-state index contributed by atoms with van der Waals surface area (Å²) >= 11 is 0. The van der Waals surface area contributed by atoms with E-state index in [1.54, 1.807) is 4.68 Å². The zero-order valence-corrected chi connectivity index (χ0v) is 14.4. The van der Waals surface area contributed by atoms with E-state index in [1.807, 2.05) is 30.3 Å². The van der Waals surface area contributed by atoms with Gasteiger partial charge in [-0.2, -0.15) is 0 Å². The van der Waals surface area contributed by atoms with Crippen LogP contribution >= 0.6 is 0 Å². The Hall–Kier alpha value is -2.45. The molecule has 1 aromatic heterocycles. The maximum Gasteiger partial charge on any atom is 0.271 e. The molecule has 132 valence electrons. The predicted molar refractivity (Wildman–Crippen MR) is 94.3 cm³/mol. The zero-order valence-electron chi connectivity index (χ0n) is 13.6. The van der Waals surface area contributed by atoms with Crippen LogP contribution in [0, 0.1) is 5.82 Å². The van der Waals surface area contributed by atoms with E-state index in [9.17, 15) is 17.6 Å². The number of hydrogen-bond donors (Lipinski definition) is 2. The summed E-state index contributed by atoms with van der Waals surface area (Å²) in [5.74, 6) is -0.566. The first kappa shape index (κ1) is 17.4. The van der Waals surface area contributed by atoms with Gasteiger partial charge in [0.2, 0.25) is 10.0 Å². The van der Waals surface area contributed by atoms with Crippen molar-refractivity contribution < 1.29 is 12.8 Å². The van der Waals surface area contributed by atoms with Crippen molar-refractivity contribution in [1.82, 2.24) is 9.78 Å². The zero-order chi connectivity index (χ0) is 18.2. The Kier molecular flexibility index (Phi) is 4.49. The third-order valence-corrected chi connectivity index (χ3v) is 5.48. The lowest BCUT2D eigenvalue weighted by Gasteiger charge is -2.10. The van der Waals surface area contributed by atoms with E-state index in [0.717, 1.165) is 5.56 Å². The molecule has 6 nitrogen and oxygen atoms in total. The number of nitrogens with two attached hydrogens (primary N) is 1. The fourth-order valence-corrected chi connectivity index (χ4v) is 3.14. The van der Waals surface area contributed by atoms with Crippen molar-refractivity contribution in [2.24, 2.45) is 5.14 Å². The topological polar surface area (TPSA) is 97.9 Å². The van der Waals surface area contributed by atoms with Crippen LogP contribution in [-0.2, 0) is 23.0 Å². The van der Waals surface area contributed by atoms with Gasteiger partial charge in [0.05, 0.1) is 22.7 Å². The predicted octanol–water partition coefficient (Wildman–Crippen LogP) is 1.74. The van der Waals surface area contributed by atoms with Gasteiger partial charge in [-0.3, -0.25) is 14.6 Å². The summed E-state index contributed by atoms with van der Waals surface area (Å²) in [5.41, 5.74) is 1.19. The molecule has 25 heavy (non-hydrogen) atoms. The molecule has 1 unspecified atom stereocenters. The third-order valence-electron chi connectivity index (χ3n) is 4.19. The maximum absolute atomic E-state index is 14.4. The molecule has 0 radical (unpaired) electrons. The van der Waals surface area contributed by atoms with Crippen molar-refractivity contribution in [2.75, 3.05) is 0 Å². The Bertz CT molecular complexity index is 1070. The first-order valence-electron chi connectivity index (χ1n) is 7.72. The van der Waals surface area contributed by atoms with Crippen LogP contribution in [0.5, 0.6) is 0 Å². The van der Waals surface area contributed by atoms with E-state index in [4.69, 9.17) is 5.14 Å². The number of benzene rings is 2. The summed E-state index contributed by atoms with van der Waals surface area (Å²) in [6, 6.07) is 12.1. The quantitative estimate of drug-likeness (QED) is 0.722. The van der Waals surface area contributed by atoms with E-state index >= 15 is 0 Å². The number of hydrogen-bond acceptors (Lipinski definition) is 3. The highest BCUT2D eigenvalue weighted by atomic mass is 32.2. The number of aromatic amines is 1. The first-order chi connectivity index (χ1) is 11.8. The van der Waals surface area contributed by atoms with Gasteiger partial charge in [-0.1, -0.05) is 30.3 Å². The molecule has 0 saturated heterocycles. The molecule has 0 aliphatic carbocycles. The minimum absolute atomic E-state index is 0.0933. The first-order valence-corrected chi connectivity index (χ1v) is 9.33. The Labute approximate surface area is 144 Å². The number of aromatic nitrogens is 2. The molecule has 3 rings (SSSR count). The minimum atomic E-state index is -3.77. The largest absolute Gasteiger partial charge is 0.280 e. The van der Waals surface area contributed by atoms with Crippen molar-refractivity contribution in [3.63, 3.8) is 0 Å². The Morgan fingerprint density at radius 2 is 1.92 bits per heavy atom. The molecule has 2 aromatic carbocycles. The molecular formula is C17H18FN3O3S. The maximum atomic E-state index is 14.4. The van der Waals surface area contributed by atoms with Crippen LogP contribution in [0.2, 0.25) is 0 Å². The molecule has 0 amide bonds. The van der Waals surface area contributed by atoms with E-state index in [-0.39, 0.29) is 17.5 Å². The van der Waals surface area contributed by atoms with Gasteiger partial charge in [0.15, 0.2) is 0 Å². The second-order valence-corrected chi connectivity index (χ2v) is 8.06. The highest BCUT2D eigenvalue weighted by Gasteiger charge is 2.20. The SMILES string of the molecule is CC(Cc1cc2c(=O)[nH]n(Cc3ccccc3)c2cc1F)S(N)(=O)=O. The van der Waals surface area contributed by atoms with Gasteiger partial charge in [-0.25, -0.2) is 17.9 Å². The van der Waals surface area contributed by atoms with Crippen LogP contribution in [0.15, 0.2) is 47.3 Å². The summed E-state index contributed by atoms with van der Waals surface area (Å²) in [6.07, 6.45) is -0.0933. The lowest BCUT2D eigenvalue weighted by molar-refractivity contribution is 0.577. The van der Waals surface area contributed by atoms with Crippen LogP contribution in [0.3, 0.4) is 0 Å². The molecule has 0 fully saturated rings. The average molecular weight is 363 g/mol. The Morgan fingerprint density at radius 1 is 1.24 bits per heavy atom. The molecule has 1 heterocycles. The number of fused-ring (bicyclic) bond motifs is 1. The highest BCUT2D eigenvalue weighted by molar-refractivity contribution is 7.89. The molecule has 3 N–H and O–H groups in total. The lowest BCUT2D eigenvalue weighted by Crippen LogP contribution is -2.27. The summed E-state index contributed by atoms with van der Waals surface area (Å²) < 4.78 is 38.7. The second-order valence-electron chi connectivity index (χ2n) is 6.08. The number of primary sulfonamides is 1. The molecular weight excluding hydrogens is 345 g/mol. The van der Waals surface area contributed by atoms with Crippen LogP contribution in [-0.4, -0.2) is 23.4 Å². The fourth-order valence-electron chi connectivity index (χ4n) is 2.73. The van der Waals surface area contributed by atoms with Gasteiger partial charge >= 0.3 is 0 Å². The summed E-state index contributed by atoms with van der Waals surface area (Å²) in [7, 11) is -3.77. The van der Waals surface area contributed by atoms with Gasteiger partial charge in [0, 0.05) is 6.07 Å². The Morgan fingerprint density at radius 3 is 2.56 bits per heavy atom. The molecule has 8 heteroatoms. The smallest absolute Gasteiger partial charge is 0.271 e. The fraction of sp³-hybridized carbons (Fsp3) is 0.235. The average Bonchev–Trinajstić information content (AvgIpc) is 2.83. The van der Waals surface area contributed by atoms with Crippen molar-refractivity contribution in [3.8, 4) is 0 Å². The number of rotatable bonds is 5. The van der Waals surface area contributed by atoms with Crippen molar-refractivity contribution in [1.29, 1.82) is 0 Å². The normalized spacial score (nSPS) is 13.2. The summed E-state index contributed by atoms with van der Waals surface area (Å²) in [5, 5.41) is 7.15. The van der Waals surface area contributed by atoms with E-state index in [0.29, 0.717) is 17.4 Å². The van der Waals surface area contributed by atoms with E-state index < -0.39 is 21.1 Å². The van der Waals surface area contributed by atoms with Gasteiger partial charge in [-0.15, -0.1) is 0 Å². The number of nitrogens with one attached hydrogen (secondary N) is 1. The molecule has 0 bridgehead atoms. The minimum Gasteiger partial charge on any atom is -0.280 e. The summed E-state index contributed by atoms with van der Waals surface area (Å²) in [6.45, 7) is 1.80. The third kappa shape index (κ3) is 3.64. The van der Waals surface area contributed by atoms with Gasteiger partial charge in [0.1, 0.15) is 5.82 Å². The number of sulfonamides is 1. The Balaban J connectivity index is 2.02. The van der Waals surface area contributed by atoms with Crippen molar-refractivity contribution in [3.05, 3.63) is 69.8 Å². The van der Waals surface area contributed by atoms with Crippen LogP contribution in [0.4, 0.5) is 4.39 Å². The van der Waals surface area contributed by atoms with Gasteiger partial charge in [-0.05, 0) is 30.5 Å². The van der Waals surface area contributed by atoms with Crippen LogP contribution < -0.4 is 10.7 Å². The number of H-pyrrole nitrogens is 1. The van der Waals surface area contributed by atoms with Crippen molar-refractivity contribution in [2.45, 2.75) is 25.1 Å². The molecule has 3 aromatic rings. The van der Waals surface area contributed by atoms with Crippen LogP contribution in [0.25, 0.3) is 10.9 Å². The number of halogens is 1.